The van der Waals surface area contributed by atoms with E-state index in [1.807, 2.05) is 18.2 Å². The molecule has 3 nitrogen and oxygen atoms in total. The first-order valence-electron chi connectivity index (χ1n) is 4.99. The summed E-state index contributed by atoms with van der Waals surface area (Å²) < 4.78 is 4.30. The van der Waals surface area contributed by atoms with E-state index in [1.165, 1.54) is 17.1 Å². The van der Waals surface area contributed by atoms with E-state index >= 15 is 0 Å². The quantitative estimate of drug-likeness (QED) is 0.858. The molecule has 0 spiro atoms. The van der Waals surface area contributed by atoms with Crippen LogP contribution in [-0.4, -0.2) is 15.9 Å². The summed E-state index contributed by atoms with van der Waals surface area (Å²) in [4.78, 5) is 4.39. The smallest absolute Gasteiger partial charge is 0.202 e. The highest BCUT2D eigenvalue weighted by Gasteiger charge is 2.03. The van der Waals surface area contributed by atoms with E-state index in [2.05, 4.69) is 33.7 Å². The monoisotopic (exact) mass is 219 g/mol. The van der Waals surface area contributed by atoms with Gasteiger partial charge in [0.1, 0.15) is 5.82 Å². The van der Waals surface area contributed by atoms with Crippen molar-refractivity contribution in [2.24, 2.45) is 0 Å². The third kappa shape index (κ3) is 2.76. The molecule has 0 saturated heterocycles. The highest BCUT2D eigenvalue weighted by Crippen LogP contribution is 2.13. The van der Waals surface area contributed by atoms with Gasteiger partial charge < -0.3 is 5.32 Å². The molecule has 0 saturated carbocycles. The first kappa shape index (κ1) is 10.1. The van der Waals surface area contributed by atoms with Crippen LogP contribution in [0.2, 0.25) is 0 Å². The topological polar surface area (TPSA) is 37.8 Å². The van der Waals surface area contributed by atoms with Crippen LogP contribution in [0.15, 0.2) is 30.3 Å². The van der Waals surface area contributed by atoms with Crippen LogP contribution in [0, 0.1) is 0 Å². The molecule has 0 bridgehead atoms. The van der Waals surface area contributed by atoms with Crippen LogP contribution < -0.4 is 5.32 Å². The minimum Gasteiger partial charge on any atom is -0.361 e. The van der Waals surface area contributed by atoms with Crippen molar-refractivity contribution in [1.82, 2.24) is 9.36 Å². The van der Waals surface area contributed by atoms with Crippen molar-refractivity contribution in [3.05, 3.63) is 41.7 Å². The van der Waals surface area contributed by atoms with E-state index in [9.17, 15) is 0 Å². The first-order chi connectivity index (χ1) is 7.38. The molecule has 0 radical (unpaired) electrons. The van der Waals surface area contributed by atoms with Crippen molar-refractivity contribution < 1.29 is 0 Å². The number of nitrogens with one attached hydrogen (secondary N) is 1. The Bertz CT molecular complexity index is 411. The van der Waals surface area contributed by atoms with Gasteiger partial charge in [0.05, 0.1) is 0 Å². The van der Waals surface area contributed by atoms with Gasteiger partial charge in [-0.1, -0.05) is 30.3 Å². The van der Waals surface area contributed by atoms with E-state index in [0.717, 1.165) is 23.9 Å². The van der Waals surface area contributed by atoms with Crippen LogP contribution in [0.4, 0.5) is 5.13 Å². The lowest BCUT2D eigenvalue weighted by Gasteiger charge is -1.95. The summed E-state index contributed by atoms with van der Waals surface area (Å²) in [5.74, 6) is 0.891. The Balaban J connectivity index is 2.05. The molecule has 1 aromatic heterocycles. The molecule has 1 heterocycles. The number of rotatable bonds is 4. The number of aromatic nitrogens is 2. The summed E-state index contributed by atoms with van der Waals surface area (Å²) in [6.45, 7) is 2.94. The Kier molecular flexibility index (Phi) is 3.29. The second-order valence-corrected chi connectivity index (χ2v) is 3.96. The van der Waals surface area contributed by atoms with E-state index < -0.39 is 0 Å². The predicted molar refractivity (Wildman–Crippen MR) is 63.3 cm³/mol. The molecule has 0 aliphatic carbocycles. The van der Waals surface area contributed by atoms with Crippen LogP contribution in [0.5, 0.6) is 0 Å². The van der Waals surface area contributed by atoms with Gasteiger partial charge in [0.25, 0.3) is 0 Å². The SMILES string of the molecule is CCNc1nc(Cc2ccccc2)ns1. The van der Waals surface area contributed by atoms with Crippen LogP contribution in [-0.2, 0) is 6.42 Å². The Labute approximate surface area is 93.4 Å². The predicted octanol–water partition coefficient (Wildman–Crippen LogP) is 2.56. The average Bonchev–Trinajstić information content (AvgIpc) is 2.68. The van der Waals surface area contributed by atoms with E-state index in [-0.39, 0.29) is 0 Å². The highest BCUT2D eigenvalue weighted by molar-refractivity contribution is 7.09. The molecular formula is C11H13N3S. The molecule has 15 heavy (non-hydrogen) atoms. The lowest BCUT2D eigenvalue weighted by atomic mass is 10.1. The second-order valence-electron chi connectivity index (χ2n) is 3.21. The maximum absolute atomic E-state index is 4.39. The van der Waals surface area contributed by atoms with Crippen molar-refractivity contribution in [2.75, 3.05) is 11.9 Å². The first-order valence-corrected chi connectivity index (χ1v) is 5.76. The molecule has 0 atom stereocenters. The van der Waals surface area contributed by atoms with Crippen LogP contribution in [0.3, 0.4) is 0 Å². The normalized spacial score (nSPS) is 10.2. The van der Waals surface area contributed by atoms with Gasteiger partial charge in [-0.15, -0.1) is 0 Å². The lowest BCUT2D eigenvalue weighted by Crippen LogP contribution is -1.96. The van der Waals surface area contributed by atoms with Gasteiger partial charge >= 0.3 is 0 Å². The van der Waals surface area contributed by atoms with Gasteiger partial charge in [0.2, 0.25) is 5.13 Å². The summed E-state index contributed by atoms with van der Waals surface area (Å²) >= 11 is 1.42. The zero-order valence-electron chi connectivity index (χ0n) is 8.60. The molecule has 0 amide bonds. The fraction of sp³-hybridized carbons (Fsp3) is 0.273. The molecule has 2 aromatic rings. The van der Waals surface area contributed by atoms with Crippen molar-refractivity contribution in [3.8, 4) is 0 Å². The molecule has 0 fully saturated rings. The van der Waals surface area contributed by atoms with Gasteiger partial charge in [-0.05, 0) is 12.5 Å². The Hall–Kier alpha value is -1.42. The maximum atomic E-state index is 4.39. The summed E-state index contributed by atoms with van der Waals surface area (Å²) in [6, 6.07) is 10.3. The summed E-state index contributed by atoms with van der Waals surface area (Å²) in [6.07, 6.45) is 0.808. The molecule has 0 unspecified atom stereocenters. The van der Waals surface area contributed by atoms with E-state index in [1.54, 1.807) is 0 Å². The Morgan fingerprint density at radius 2 is 2.07 bits per heavy atom. The van der Waals surface area contributed by atoms with Crippen LogP contribution >= 0.6 is 11.5 Å². The lowest BCUT2D eigenvalue weighted by molar-refractivity contribution is 1.03. The molecular weight excluding hydrogens is 206 g/mol. The standard InChI is InChI=1S/C11H13N3S/c1-2-12-11-13-10(14-15-11)8-9-6-4-3-5-7-9/h3-7H,2,8H2,1H3,(H,12,13,14). The summed E-state index contributed by atoms with van der Waals surface area (Å²) in [5, 5.41) is 4.06. The zero-order chi connectivity index (χ0) is 10.5. The molecule has 78 valence electrons. The number of benzene rings is 1. The van der Waals surface area contributed by atoms with Gasteiger partial charge in [-0.2, -0.15) is 4.37 Å². The molecule has 1 N–H and O–H groups in total. The Morgan fingerprint density at radius 3 is 2.80 bits per heavy atom. The minimum absolute atomic E-state index is 0.808. The molecule has 0 aliphatic heterocycles. The fourth-order valence-corrected chi connectivity index (χ4v) is 1.98. The van der Waals surface area contributed by atoms with Crippen molar-refractivity contribution in [2.45, 2.75) is 13.3 Å². The van der Waals surface area contributed by atoms with Crippen molar-refractivity contribution >= 4 is 16.7 Å². The summed E-state index contributed by atoms with van der Waals surface area (Å²) in [7, 11) is 0. The number of hydrogen-bond acceptors (Lipinski definition) is 4. The van der Waals surface area contributed by atoms with Crippen molar-refractivity contribution in [3.63, 3.8) is 0 Å². The number of hydrogen-bond donors (Lipinski definition) is 1. The average molecular weight is 219 g/mol. The minimum atomic E-state index is 0.808. The maximum Gasteiger partial charge on any atom is 0.202 e. The largest absolute Gasteiger partial charge is 0.361 e. The fourth-order valence-electron chi connectivity index (χ4n) is 1.33. The van der Waals surface area contributed by atoms with E-state index in [4.69, 9.17) is 0 Å². The van der Waals surface area contributed by atoms with E-state index in [0.29, 0.717) is 0 Å². The van der Waals surface area contributed by atoms with Gasteiger partial charge in [-0.25, -0.2) is 4.98 Å². The third-order valence-electron chi connectivity index (χ3n) is 2.00. The third-order valence-corrected chi connectivity index (χ3v) is 2.71. The highest BCUT2D eigenvalue weighted by atomic mass is 32.1. The van der Waals surface area contributed by atoms with Crippen molar-refractivity contribution in [1.29, 1.82) is 0 Å². The number of anilines is 1. The molecule has 2 rings (SSSR count). The molecule has 1 aromatic carbocycles. The second kappa shape index (κ2) is 4.89. The molecule has 0 aliphatic rings. The van der Waals surface area contributed by atoms with Gasteiger partial charge in [-0.3, -0.25) is 0 Å². The zero-order valence-corrected chi connectivity index (χ0v) is 9.42. The van der Waals surface area contributed by atoms with Crippen LogP contribution in [0.25, 0.3) is 0 Å². The van der Waals surface area contributed by atoms with Crippen LogP contribution in [0.1, 0.15) is 18.3 Å². The Morgan fingerprint density at radius 1 is 1.27 bits per heavy atom. The summed E-state index contributed by atoms with van der Waals surface area (Å²) in [5.41, 5.74) is 1.25. The molecule has 4 heteroatoms. The van der Waals surface area contributed by atoms with Gasteiger partial charge in [0.15, 0.2) is 0 Å². The van der Waals surface area contributed by atoms with Gasteiger partial charge in [0, 0.05) is 24.5 Å². The number of nitrogens with zero attached hydrogens (tertiary/aromatic N) is 2.